The van der Waals surface area contributed by atoms with Crippen molar-refractivity contribution in [1.82, 2.24) is 25.3 Å². The Hall–Kier alpha value is -4.91. The summed E-state index contributed by atoms with van der Waals surface area (Å²) in [6.07, 6.45) is 5.27. The summed E-state index contributed by atoms with van der Waals surface area (Å²) < 4.78 is 22.3. The number of methoxy groups -OCH3 is 2. The lowest BCUT2D eigenvalue weighted by molar-refractivity contribution is 0.162. The van der Waals surface area contributed by atoms with Crippen molar-refractivity contribution in [2.45, 2.75) is 6.04 Å². The molecule has 200 valence electrons. The SMILES string of the molecule is COc1cc2ncc3c(N)nc(-c4cncc(OC[C@H](COc5nccs5)NC(=O)O)c4)cc3c2cc1OC. The van der Waals surface area contributed by atoms with Crippen LogP contribution in [0.25, 0.3) is 32.9 Å². The van der Waals surface area contributed by atoms with Crippen LogP contribution in [0.5, 0.6) is 22.4 Å². The number of nitrogens with one attached hydrogen (secondary N) is 1. The number of nitrogens with zero attached hydrogens (tertiary/aromatic N) is 4. The van der Waals surface area contributed by atoms with Crippen molar-refractivity contribution in [1.29, 1.82) is 0 Å². The van der Waals surface area contributed by atoms with Gasteiger partial charge in [0.1, 0.15) is 30.8 Å². The van der Waals surface area contributed by atoms with E-state index in [4.69, 9.17) is 24.7 Å². The van der Waals surface area contributed by atoms with Gasteiger partial charge in [-0.1, -0.05) is 11.3 Å². The van der Waals surface area contributed by atoms with Crippen molar-refractivity contribution in [2.75, 3.05) is 33.2 Å². The number of benzene rings is 1. The zero-order chi connectivity index (χ0) is 27.4. The second-order valence-corrected chi connectivity index (χ2v) is 9.17. The van der Waals surface area contributed by atoms with Crippen LogP contribution < -0.4 is 30.0 Å². The summed E-state index contributed by atoms with van der Waals surface area (Å²) in [5, 5.41) is 16.1. The molecule has 0 saturated heterocycles. The van der Waals surface area contributed by atoms with Gasteiger partial charge in [0.05, 0.1) is 31.6 Å². The Morgan fingerprint density at radius 3 is 2.54 bits per heavy atom. The van der Waals surface area contributed by atoms with Crippen molar-refractivity contribution in [2.24, 2.45) is 0 Å². The van der Waals surface area contributed by atoms with E-state index in [-0.39, 0.29) is 13.2 Å². The fourth-order valence-corrected chi connectivity index (χ4v) is 4.50. The van der Waals surface area contributed by atoms with Gasteiger partial charge in [0.15, 0.2) is 11.5 Å². The summed E-state index contributed by atoms with van der Waals surface area (Å²) in [7, 11) is 3.14. The third-order valence-corrected chi connectivity index (χ3v) is 6.50. The van der Waals surface area contributed by atoms with Crippen LogP contribution in [0.1, 0.15) is 0 Å². The van der Waals surface area contributed by atoms with Crippen LogP contribution in [0.2, 0.25) is 0 Å². The second-order valence-electron chi connectivity index (χ2n) is 8.31. The highest BCUT2D eigenvalue weighted by Crippen LogP contribution is 2.37. The number of carbonyl (C=O) groups is 1. The monoisotopic (exact) mass is 548 g/mol. The lowest BCUT2D eigenvalue weighted by atomic mass is 10.0. The van der Waals surface area contributed by atoms with Gasteiger partial charge in [-0.25, -0.2) is 14.8 Å². The van der Waals surface area contributed by atoms with Crippen molar-refractivity contribution >= 4 is 44.9 Å². The number of hydrogen-bond donors (Lipinski definition) is 3. The van der Waals surface area contributed by atoms with E-state index in [9.17, 15) is 9.90 Å². The topological polar surface area (TPSA) is 164 Å². The zero-order valence-corrected chi connectivity index (χ0v) is 21.8. The first kappa shape index (κ1) is 25.7. The van der Waals surface area contributed by atoms with E-state index in [2.05, 4.69) is 25.3 Å². The molecule has 0 spiro atoms. The predicted octanol–water partition coefficient (Wildman–Crippen LogP) is 3.99. The lowest BCUT2D eigenvalue weighted by Crippen LogP contribution is -2.42. The van der Waals surface area contributed by atoms with Crippen LogP contribution >= 0.6 is 11.3 Å². The largest absolute Gasteiger partial charge is 0.493 e. The summed E-state index contributed by atoms with van der Waals surface area (Å²) in [6.45, 7) is 0.0546. The maximum atomic E-state index is 11.2. The molecule has 0 fully saturated rings. The molecule has 4 heterocycles. The number of anilines is 1. The van der Waals surface area contributed by atoms with Gasteiger partial charge in [0.25, 0.3) is 5.19 Å². The number of thiazole rings is 1. The molecule has 4 N–H and O–H groups in total. The van der Waals surface area contributed by atoms with E-state index >= 15 is 0 Å². The van der Waals surface area contributed by atoms with Crippen LogP contribution in [0.4, 0.5) is 10.6 Å². The molecular formula is C26H24N6O6S. The van der Waals surface area contributed by atoms with Crippen LogP contribution in [-0.4, -0.2) is 64.6 Å². The molecule has 1 aromatic carbocycles. The standard InChI is InChI=1S/C26H24N6O6S/c1-35-22-7-18-17-6-20(32-24(27)19(17)11-30-21(18)8-23(22)36-2)14-5-16(10-28-9-14)37-12-15(31-25(33)34)13-38-26-29-3-4-39-26/h3-11,15,31H,12-13H2,1-2H3,(H2,27,32)(H,33,34)/t15-/m1/s1. The number of nitrogen functional groups attached to an aromatic ring is 1. The fourth-order valence-electron chi connectivity index (χ4n) is 4.00. The minimum Gasteiger partial charge on any atom is -0.493 e. The molecule has 0 aliphatic carbocycles. The van der Waals surface area contributed by atoms with Gasteiger partial charge in [-0.15, -0.1) is 0 Å². The first-order valence-electron chi connectivity index (χ1n) is 11.7. The normalized spacial score (nSPS) is 11.7. The highest BCUT2D eigenvalue weighted by Gasteiger charge is 2.16. The Bertz CT molecular complexity index is 1630. The minimum atomic E-state index is -1.19. The number of amides is 1. The molecule has 0 unspecified atom stereocenters. The molecule has 1 atom stereocenters. The van der Waals surface area contributed by atoms with Crippen molar-refractivity contribution in [3.8, 4) is 33.7 Å². The molecule has 39 heavy (non-hydrogen) atoms. The molecule has 0 radical (unpaired) electrons. The maximum Gasteiger partial charge on any atom is 0.405 e. The molecule has 0 bridgehead atoms. The van der Waals surface area contributed by atoms with E-state index in [1.165, 1.54) is 17.5 Å². The summed E-state index contributed by atoms with van der Waals surface area (Å²) in [4.78, 5) is 28.6. The molecule has 5 rings (SSSR count). The van der Waals surface area contributed by atoms with Crippen molar-refractivity contribution in [3.05, 3.63) is 54.4 Å². The Morgan fingerprint density at radius 1 is 1.00 bits per heavy atom. The Morgan fingerprint density at radius 2 is 1.79 bits per heavy atom. The number of hydrogen-bond acceptors (Lipinski definition) is 11. The van der Waals surface area contributed by atoms with Gasteiger partial charge in [0, 0.05) is 46.4 Å². The predicted molar refractivity (Wildman–Crippen MR) is 146 cm³/mol. The second kappa shape index (κ2) is 11.2. The lowest BCUT2D eigenvalue weighted by Gasteiger charge is -2.17. The number of rotatable bonds is 10. The quantitative estimate of drug-likeness (QED) is 0.216. The van der Waals surface area contributed by atoms with Gasteiger partial charge in [-0.3, -0.25) is 9.97 Å². The van der Waals surface area contributed by atoms with E-state index < -0.39 is 12.1 Å². The van der Waals surface area contributed by atoms with Crippen LogP contribution in [0, 0.1) is 0 Å². The molecular weight excluding hydrogens is 524 g/mol. The number of fused-ring (bicyclic) bond motifs is 3. The third kappa shape index (κ3) is 5.67. The smallest absolute Gasteiger partial charge is 0.405 e. The number of ether oxygens (including phenoxy) is 4. The average Bonchev–Trinajstić information content (AvgIpc) is 3.47. The summed E-state index contributed by atoms with van der Waals surface area (Å²) in [5.41, 5.74) is 8.28. The van der Waals surface area contributed by atoms with E-state index in [1.807, 2.05) is 12.1 Å². The molecule has 1 amide bonds. The molecule has 5 aromatic rings. The summed E-state index contributed by atoms with van der Waals surface area (Å²) in [5.74, 6) is 1.87. The summed E-state index contributed by atoms with van der Waals surface area (Å²) >= 11 is 1.31. The third-order valence-electron chi connectivity index (χ3n) is 5.82. The van der Waals surface area contributed by atoms with Crippen LogP contribution in [-0.2, 0) is 0 Å². The summed E-state index contributed by atoms with van der Waals surface area (Å²) in [6, 6.07) is 6.68. The number of carboxylic acid groups (broad SMARTS) is 1. The molecule has 0 aliphatic heterocycles. The Balaban J connectivity index is 1.43. The van der Waals surface area contributed by atoms with Gasteiger partial charge in [0.2, 0.25) is 0 Å². The Kier molecular flexibility index (Phi) is 7.41. The molecule has 0 aliphatic rings. The number of nitrogens with two attached hydrogens (primary N) is 1. The minimum absolute atomic E-state index is 0.00797. The maximum absolute atomic E-state index is 11.2. The zero-order valence-electron chi connectivity index (χ0n) is 21.0. The first-order chi connectivity index (χ1) is 18.9. The highest BCUT2D eigenvalue weighted by atomic mass is 32.1. The molecule has 4 aromatic heterocycles. The number of pyridine rings is 3. The van der Waals surface area contributed by atoms with Gasteiger partial charge >= 0.3 is 6.09 Å². The first-order valence-corrected chi connectivity index (χ1v) is 12.5. The van der Waals surface area contributed by atoms with Crippen molar-refractivity contribution < 1.29 is 28.8 Å². The van der Waals surface area contributed by atoms with Crippen LogP contribution in [0.15, 0.2) is 54.4 Å². The highest BCUT2D eigenvalue weighted by molar-refractivity contribution is 7.11. The molecule has 0 saturated carbocycles. The molecule has 13 heteroatoms. The number of aromatic nitrogens is 4. The van der Waals surface area contributed by atoms with E-state index in [0.29, 0.717) is 50.4 Å². The average molecular weight is 549 g/mol. The van der Waals surface area contributed by atoms with E-state index in [0.717, 1.165) is 10.8 Å². The van der Waals surface area contributed by atoms with Gasteiger partial charge in [-0.2, -0.15) is 0 Å². The van der Waals surface area contributed by atoms with Gasteiger partial charge in [-0.05, 0) is 23.6 Å². The molecule has 12 nitrogen and oxygen atoms in total. The Labute approximate surface area is 226 Å². The van der Waals surface area contributed by atoms with Gasteiger partial charge < -0.3 is 35.1 Å². The van der Waals surface area contributed by atoms with E-state index in [1.54, 1.807) is 50.3 Å². The fraction of sp³-hybridized carbons (Fsp3) is 0.192. The van der Waals surface area contributed by atoms with Crippen LogP contribution in [0.3, 0.4) is 0 Å². The van der Waals surface area contributed by atoms with Crippen molar-refractivity contribution in [3.63, 3.8) is 0 Å².